The second-order valence-electron chi connectivity index (χ2n) is 4.53. The maximum Gasteiger partial charge on any atom is 0.253 e. The molecule has 0 aliphatic rings. The molecule has 0 saturated heterocycles. The van der Waals surface area contributed by atoms with Gasteiger partial charge in [-0.05, 0) is 46.6 Å². The van der Waals surface area contributed by atoms with E-state index in [2.05, 4.69) is 26.2 Å². The molecule has 0 radical (unpaired) electrons. The number of hydrogen-bond acceptors (Lipinski definition) is 3. The first kappa shape index (κ1) is 15.3. The Balaban J connectivity index is 2.12. The molecule has 0 spiro atoms. The van der Waals surface area contributed by atoms with Crippen molar-refractivity contribution in [3.63, 3.8) is 0 Å². The minimum absolute atomic E-state index is 0.174. The number of nitrogens with one attached hydrogen (secondary N) is 2. The molecule has 2 aromatic rings. The van der Waals surface area contributed by atoms with Crippen LogP contribution in [0.15, 0.2) is 45.8 Å². The van der Waals surface area contributed by atoms with Gasteiger partial charge in [-0.3, -0.25) is 9.59 Å². The van der Waals surface area contributed by atoms with Gasteiger partial charge in [0.05, 0.1) is 23.2 Å². The summed E-state index contributed by atoms with van der Waals surface area (Å²) in [5.74, 6) is 0.489. The van der Waals surface area contributed by atoms with Gasteiger partial charge in [0.2, 0.25) is 5.56 Å². The lowest BCUT2D eigenvalue weighted by Crippen LogP contribution is -2.27. The van der Waals surface area contributed by atoms with Gasteiger partial charge in [0.15, 0.2) is 0 Å². The van der Waals surface area contributed by atoms with Crippen LogP contribution in [0.5, 0.6) is 5.75 Å². The highest BCUT2D eigenvalue weighted by Crippen LogP contribution is 2.28. The Hall–Kier alpha value is -2.08. The number of benzene rings is 1. The zero-order valence-electron chi connectivity index (χ0n) is 11.6. The summed E-state index contributed by atoms with van der Waals surface area (Å²) >= 11 is 3.42. The summed E-state index contributed by atoms with van der Waals surface area (Å²) < 4.78 is 6.00. The zero-order valence-corrected chi connectivity index (χ0v) is 13.2. The maximum absolute atomic E-state index is 12.1. The lowest BCUT2D eigenvalue weighted by molar-refractivity contribution is 0.0939. The van der Waals surface area contributed by atoms with Gasteiger partial charge < -0.3 is 15.0 Å². The average molecular weight is 351 g/mol. The Labute approximate surface area is 130 Å². The predicted molar refractivity (Wildman–Crippen MR) is 83.6 cm³/mol. The fourth-order valence-electron chi connectivity index (χ4n) is 1.87. The summed E-state index contributed by atoms with van der Waals surface area (Å²) in [5.41, 5.74) is 1.12. The smallest absolute Gasteiger partial charge is 0.253 e. The van der Waals surface area contributed by atoms with Crippen LogP contribution in [0.1, 0.15) is 28.9 Å². The largest absolute Gasteiger partial charge is 0.496 e. The topological polar surface area (TPSA) is 71.2 Å². The summed E-state index contributed by atoms with van der Waals surface area (Å²) in [7, 11) is 1.60. The number of amides is 1. The van der Waals surface area contributed by atoms with Crippen LogP contribution in [0.4, 0.5) is 0 Å². The van der Waals surface area contributed by atoms with Crippen LogP contribution in [0.3, 0.4) is 0 Å². The summed E-state index contributed by atoms with van der Waals surface area (Å²) in [6.07, 6.45) is 1.40. The van der Waals surface area contributed by atoms with E-state index in [-0.39, 0.29) is 17.5 Å². The normalized spacial score (nSPS) is 11.8. The molecular formula is C15H15BrN2O3. The Kier molecular flexibility index (Phi) is 4.80. The van der Waals surface area contributed by atoms with Gasteiger partial charge in [-0.2, -0.15) is 0 Å². The lowest BCUT2D eigenvalue weighted by Gasteiger charge is -2.15. The standard InChI is InChI=1S/C15H15BrN2O3/c1-9(10-3-5-13(21-2)12(16)7-10)18-15(20)11-4-6-14(19)17-8-11/h3-9H,1-2H3,(H,17,19)(H,18,20). The number of hydrogen-bond donors (Lipinski definition) is 2. The van der Waals surface area contributed by atoms with E-state index in [4.69, 9.17) is 4.74 Å². The minimum Gasteiger partial charge on any atom is -0.496 e. The number of pyridine rings is 1. The maximum atomic E-state index is 12.1. The Morgan fingerprint density at radius 1 is 1.33 bits per heavy atom. The SMILES string of the molecule is COc1ccc(C(C)NC(=O)c2ccc(=O)[nH]c2)cc1Br. The Morgan fingerprint density at radius 2 is 2.10 bits per heavy atom. The van der Waals surface area contributed by atoms with Crippen molar-refractivity contribution in [2.45, 2.75) is 13.0 Å². The van der Waals surface area contributed by atoms with Crippen molar-refractivity contribution in [3.8, 4) is 5.75 Å². The number of rotatable bonds is 4. The monoisotopic (exact) mass is 350 g/mol. The highest BCUT2D eigenvalue weighted by Gasteiger charge is 2.13. The second kappa shape index (κ2) is 6.58. The third-order valence-corrected chi connectivity index (χ3v) is 3.69. The van der Waals surface area contributed by atoms with Crippen molar-refractivity contribution in [1.82, 2.24) is 10.3 Å². The third kappa shape index (κ3) is 3.72. The lowest BCUT2D eigenvalue weighted by atomic mass is 10.1. The Morgan fingerprint density at radius 3 is 2.67 bits per heavy atom. The molecule has 0 aliphatic heterocycles. The van der Waals surface area contributed by atoms with Gasteiger partial charge in [0, 0.05) is 12.3 Å². The fourth-order valence-corrected chi connectivity index (χ4v) is 2.43. The number of methoxy groups -OCH3 is 1. The summed E-state index contributed by atoms with van der Waals surface area (Å²) in [6.45, 7) is 1.89. The number of aromatic amines is 1. The van der Waals surface area contributed by atoms with E-state index in [0.717, 1.165) is 15.8 Å². The molecule has 1 heterocycles. The van der Waals surface area contributed by atoms with Crippen molar-refractivity contribution in [1.29, 1.82) is 0 Å². The molecule has 0 aliphatic carbocycles. The number of halogens is 1. The predicted octanol–water partition coefficient (Wildman–Crippen LogP) is 2.64. The molecule has 0 bridgehead atoms. The molecule has 6 heteroatoms. The molecule has 5 nitrogen and oxygen atoms in total. The van der Waals surface area contributed by atoms with E-state index in [1.807, 2.05) is 25.1 Å². The molecule has 1 unspecified atom stereocenters. The van der Waals surface area contributed by atoms with E-state index in [1.54, 1.807) is 7.11 Å². The van der Waals surface area contributed by atoms with Crippen molar-refractivity contribution >= 4 is 21.8 Å². The summed E-state index contributed by atoms with van der Waals surface area (Å²) in [4.78, 5) is 25.5. The van der Waals surface area contributed by atoms with Crippen LogP contribution in [-0.4, -0.2) is 18.0 Å². The number of carbonyl (C=O) groups excluding carboxylic acids is 1. The van der Waals surface area contributed by atoms with Crippen LogP contribution >= 0.6 is 15.9 Å². The van der Waals surface area contributed by atoms with E-state index in [0.29, 0.717) is 5.56 Å². The van der Waals surface area contributed by atoms with Gasteiger partial charge >= 0.3 is 0 Å². The first-order valence-corrected chi connectivity index (χ1v) is 7.13. The summed E-state index contributed by atoms with van der Waals surface area (Å²) in [5, 5.41) is 2.87. The number of carbonyl (C=O) groups is 1. The molecule has 0 saturated carbocycles. The van der Waals surface area contributed by atoms with E-state index in [9.17, 15) is 9.59 Å². The molecule has 1 aromatic heterocycles. The number of H-pyrrole nitrogens is 1. The van der Waals surface area contributed by atoms with E-state index >= 15 is 0 Å². The van der Waals surface area contributed by atoms with Crippen molar-refractivity contribution in [3.05, 3.63) is 62.5 Å². The molecule has 0 fully saturated rings. The van der Waals surface area contributed by atoms with Crippen molar-refractivity contribution in [2.75, 3.05) is 7.11 Å². The first-order chi connectivity index (χ1) is 10.0. The quantitative estimate of drug-likeness (QED) is 0.890. The van der Waals surface area contributed by atoms with Crippen molar-refractivity contribution in [2.24, 2.45) is 0 Å². The van der Waals surface area contributed by atoms with Gasteiger partial charge in [0.1, 0.15) is 5.75 Å². The third-order valence-electron chi connectivity index (χ3n) is 3.07. The average Bonchev–Trinajstić information content (AvgIpc) is 2.47. The molecule has 21 heavy (non-hydrogen) atoms. The molecular weight excluding hydrogens is 336 g/mol. The van der Waals surface area contributed by atoms with Crippen LogP contribution in [-0.2, 0) is 0 Å². The molecule has 110 valence electrons. The number of aromatic nitrogens is 1. The highest BCUT2D eigenvalue weighted by molar-refractivity contribution is 9.10. The van der Waals surface area contributed by atoms with Crippen LogP contribution in [0.25, 0.3) is 0 Å². The van der Waals surface area contributed by atoms with Crippen molar-refractivity contribution < 1.29 is 9.53 Å². The first-order valence-electron chi connectivity index (χ1n) is 6.34. The number of ether oxygens (including phenoxy) is 1. The molecule has 2 rings (SSSR count). The highest BCUT2D eigenvalue weighted by atomic mass is 79.9. The van der Waals surface area contributed by atoms with E-state index in [1.165, 1.54) is 18.3 Å². The van der Waals surface area contributed by atoms with E-state index < -0.39 is 0 Å². The van der Waals surface area contributed by atoms with Crippen LogP contribution in [0.2, 0.25) is 0 Å². The fraction of sp³-hybridized carbons (Fsp3) is 0.200. The second-order valence-corrected chi connectivity index (χ2v) is 5.39. The van der Waals surface area contributed by atoms with Gasteiger partial charge in [-0.15, -0.1) is 0 Å². The minimum atomic E-state index is -0.245. The Bertz CT molecular complexity index is 692. The molecule has 1 amide bonds. The summed E-state index contributed by atoms with van der Waals surface area (Å²) in [6, 6.07) is 8.26. The van der Waals surface area contributed by atoms with Crippen LogP contribution < -0.4 is 15.6 Å². The zero-order chi connectivity index (χ0) is 15.4. The van der Waals surface area contributed by atoms with Gasteiger partial charge in [0.25, 0.3) is 5.91 Å². The van der Waals surface area contributed by atoms with Gasteiger partial charge in [-0.1, -0.05) is 6.07 Å². The van der Waals surface area contributed by atoms with Gasteiger partial charge in [-0.25, -0.2) is 0 Å². The van der Waals surface area contributed by atoms with Crippen LogP contribution in [0, 0.1) is 0 Å². The molecule has 1 atom stereocenters. The molecule has 2 N–H and O–H groups in total. The molecule has 1 aromatic carbocycles.